The first-order chi connectivity index (χ1) is 15.0. The van der Waals surface area contributed by atoms with Crippen molar-refractivity contribution in [2.45, 2.75) is 32.2 Å². The SMILES string of the molecule is C[C@H]1CCN(C(=O)Nc2cnn3ccc(N4CCC[C@@H]4c4ccc(Br)c(F)c4)nc23)C1. The Morgan fingerprint density at radius 2 is 2.13 bits per heavy atom. The maximum atomic E-state index is 14.1. The van der Waals surface area contributed by atoms with Crippen LogP contribution < -0.4 is 10.2 Å². The highest BCUT2D eigenvalue weighted by Crippen LogP contribution is 2.36. The van der Waals surface area contributed by atoms with Crippen LogP contribution in [0.2, 0.25) is 0 Å². The van der Waals surface area contributed by atoms with E-state index in [2.05, 4.69) is 38.2 Å². The fourth-order valence-corrected chi connectivity index (χ4v) is 4.77. The molecule has 3 aromatic rings. The lowest BCUT2D eigenvalue weighted by molar-refractivity contribution is 0.221. The van der Waals surface area contributed by atoms with Crippen molar-refractivity contribution < 1.29 is 9.18 Å². The van der Waals surface area contributed by atoms with E-state index in [0.717, 1.165) is 50.3 Å². The molecule has 0 saturated carbocycles. The molecule has 0 bridgehead atoms. The highest BCUT2D eigenvalue weighted by atomic mass is 79.9. The van der Waals surface area contributed by atoms with Gasteiger partial charge in [0.25, 0.3) is 0 Å². The van der Waals surface area contributed by atoms with E-state index >= 15 is 0 Å². The third-order valence-electron chi connectivity index (χ3n) is 6.18. The van der Waals surface area contributed by atoms with Gasteiger partial charge in [-0.1, -0.05) is 13.0 Å². The molecule has 0 radical (unpaired) electrons. The Kier molecular flexibility index (Phi) is 5.29. The lowest BCUT2D eigenvalue weighted by atomic mass is 10.0. The fourth-order valence-electron chi connectivity index (χ4n) is 4.53. The van der Waals surface area contributed by atoms with Crippen molar-refractivity contribution in [2.75, 3.05) is 29.9 Å². The number of fused-ring (bicyclic) bond motifs is 1. The van der Waals surface area contributed by atoms with Crippen molar-refractivity contribution >= 4 is 39.1 Å². The first-order valence-electron chi connectivity index (χ1n) is 10.6. The highest BCUT2D eigenvalue weighted by molar-refractivity contribution is 9.10. The summed E-state index contributed by atoms with van der Waals surface area (Å²) in [6.45, 7) is 4.53. The average molecular weight is 487 g/mol. The zero-order valence-corrected chi connectivity index (χ0v) is 18.8. The van der Waals surface area contributed by atoms with Crippen LogP contribution in [0, 0.1) is 11.7 Å². The molecule has 2 saturated heterocycles. The molecule has 9 heteroatoms. The smallest absolute Gasteiger partial charge is 0.321 e. The van der Waals surface area contributed by atoms with Gasteiger partial charge in [0, 0.05) is 25.8 Å². The zero-order chi connectivity index (χ0) is 21.5. The van der Waals surface area contributed by atoms with Gasteiger partial charge >= 0.3 is 6.03 Å². The van der Waals surface area contributed by atoms with Crippen molar-refractivity contribution in [1.29, 1.82) is 0 Å². The van der Waals surface area contributed by atoms with Crippen LogP contribution in [0.5, 0.6) is 0 Å². The first-order valence-corrected chi connectivity index (χ1v) is 11.4. The van der Waals surface area contributed by atoms with E-state index in [4.69, 9.17) is 4.98 Å². The van der Waals surface area contributed by atoms with Gasteiger partial charge in [0.15, 0.2) is 5.65 Å². The predicted octanol–water partition coefficient (Wildman–Crippen LogP) is 4.85. The minimum absolute atomic E-state index is 0.0598. The Hall–Kier alpha value is -2.68. The molecule has 4 heterocycles. The molecule has 1 N–H and O–H groups in total. The normalized spacial score (nSPS) is 21.3. The molecule has 31 heavy (non-hydrogen) atoms. The second kappa shape index (κ2) is 8.11. The average Bonchev–Trinajstić information content (AvgIpc) is 3.50. The van der Waals surface area contributed by atoms with Gasteiger partial charge < -0.3 is 15.1 Å². The Labute approximate surface area is 188 Å². The van der Waals surface area contributed by atoms with Crippen LogP contribution in [0.4, 0.5) is 20.7 Å². The van der Waals surface area contributed by atoms with E-state index in [1.807, 2.05) is 23.2 Å². The standard InChI is InChI=1S/C22H24BrFN6O/c1-14-6-9-28(13-14)22(31)26-18-12-25-30-10-7-20(27-21(18)30)29-8-2-3-19(29)15-4-5-16(23)17(24)11-15/h4-5,7,10-12,14,19H,2-3,6,8-9,13H2,1H3,(H,26,31)/t14-,19+/m0/s1. The molecule has 2 atom stereocenters. The van der Waals surface area contributed by atoms with Crippen LogP contribution >= 0.6 is 15.9 Å². The highest BCUT2D eigenvalue weighted by Gasteiger charge is 2.29. The number of rotatable bonds is 3. The molecule has 0 aliphatic carbocycles. The molecule has 0 unspecified atom stereocenters. The minimum Gasteiger partial charge on any atom is -0.349 e. The Morgan fingerprint density at radius 1 is 1.26 bits per heavy atom. The van der Waals surface area contributed by atoms with Crippen LogP contribution in [0.3, 0.4) is 0 Å². The number of hydrogen-bond acceptors (Lipinski definition) is 4. The topological polar surface area (TPSA) is 65.8 Å². The third kappa shape index (κ3) is 3.86. The molecule has 1 aromatic carbocycles. The summed E-state index contributed by atoms with van der Waals surface area (Å²) >= 11 is 3.23. The first kappa shape index (κ1) is 20.2. The Balaban J connectivity index is 1.42. The van der Waals surface area contributed by atoms with E-state index in [1.54, 1.807) is 22.8 Å². The van der Waals surface area contributed by atoms with E-state index in [9.17, 15) is 9.18 Å². The lowest BCUT2D eigenvalue weighted by Gasteiger charge is -2.26. The van der Waals surface area contributed by atoms with Gasteiger partial charge in [-0.2, -0.15) is 5.10 Å². The molecule has 2 fully saturated rings. The second-order valence-electron chi connectivity index (χ2n) is 8.41. The van der Waals surface area contributed by atoms with Crippen LogP contribution in [-0.4, -0.2) is 45.2 Å². The molecule has 2 amide bonds. The van der Waals surface area contributed by atoms with E-state index in [1.165, 1.54) is 0 Å². The number of hydrogen-bond donors (Lipinski definition) is 1. The number of aromatic nitrogens is 3. The minimum atomic E-state index is -0.259. The summed E-state index contributed by atoms with van der Waals surface area (Å²) in [4.78, 5) is 21.5. The number of nitrogens with one attached hydrogen (secondary N) is 1. The van der Waals surface area contributed by atoms with E-state index in [0.29, 0.717) is 21.7 Å². The number of carbonyl (C=O) groups excluding carboxylic acids is 1. The maximum Gasteiger partial charge on any atom is 0.321 e. The molecular weight excluding hydrogens is 463 g/mol. The van der Waals surface area contributed by atoms with Gasteiger partial charge in [0.05, 0.1) is 16.7 Å². The number of benzene rings is 1. The van der Waals surface area contributed by atoms with Crippen LogP contribution in [0.15, 0.2) is 41.1 Å². The number of anilines is 2. The lowest BCUT2D eigenvalue weighted by Crippen LogP contribution is -2.32. The quantitative estimate of drug-likeness (QED) is 0.574. The number of likely N-dealkylation sites (tertiary alicyclic amines) is 1. The number of urea groups is 1. The molecule has 2 aromatic heterocycles. The van der Waals surface area contributed by atoms with Crippen molar-refractivity contribution in [3.63, 3.8) is 0 Å². The summed E-state index contributed by atoms with van der Waals surface area (Å²) in [5.74, 6) is 1.06. The summed E-state index contributed by atoms with van der Waals surface area (Å²) < 4.78 is 16.2. The van der Waals surface area contributed by atoms with Crippen molar-refractivity contribution in [3.8, 4) is 0 Å². The van der Waals surface area contributed by atoms with Crippen LogP contribution in [0.1, 0.15) is 37.8 Å². The zero-order valence-electron chi connectivity index (χ0n) is 17.3. The molecular formula is C22H24BrFN6O. The number of carbonyl (C=O) groups is 1. The summed E-state index contributed by atoms with van der Waals surface area (Å²) in [5.41, 5.74) is 2.13. The summed E-state index contributed by atoms with van der Waals surface area (Å²) in [7, 11) is 0. The number of amides is 2. The summed E-state index contributed by atoms with van der Waals surface area (Å²) in [5, 5.41) is 7.30. The number of nitrogens with zero attached hydrogens (tertiary/aromatic N) is 5. The molecule has 5 rings (SSSR count). The molecule has 162 valence electrons. The van der Waals surface area contributed by atoms with E-state index < -0.39 is 0 Å². The van der Waals surface area contributed by atoms with Crippen molar-refractivity contribution in [1.82, 2.24) is 19.5 Å². The molecule has 2 aliphatic heterocycles. The Morgan fingerprint density at radius 3 is 2.90 bits per heavy atom. The van der Waals surface area contributed by atoms with Crippen molar-refractivity contribution in [2.24, 2.45) is 5.92 Å². The number of halogens is 2. The van der Waals surface area contributed by atoms with E-state index in [-0.39, 0.29) is 17.9 Å². The maximum absolute atomic E-state index is 14.1. The second-order valence-corrected chi connectivity index (χ2v) is 9.26. The van der Waals surface area contributed by atoms with Crippen molar-refractivity contribution in [3.05, 3.63) is 52.5 Å². The van der Waals surface area contributed by atoms with Gasteiger partial charge in [-0.05, 0) is 64.9 Å². The fraction of sp³-hybridized carbons (Fsp3) is 0.409. The van der Waals surface area contributed by atoms with Gasteiger partial charge in [0.1, 0.15) is 17.3 Å². The predicted molar refractivity (Wildman–Crippen MR) is 121 cm³/mol. The molecule has 2 aliphatic rings. The van der Waals surface area contributed by atoms with Gasteiger partial charge in [-0.15, -0.1) is 0 Å². The van der Waals surface area contributed by atoms with Gasteiger partial charge in [0.2, 0.25) is 0 Å². The molecule has 0 spiro atoms. The van der Waals surface area contributed by atoms with Crippen LogP contribution in [-0.2, 0) is 0 Å². The third-order valence-corrected chi connectivity index (χ3v) is 6.83. The monoisotopic (exact) mass is 486 g/mol. The summed E-state index contributed by atoms with van der Waals surface area (Å²) in [6.07, 6.45) is 6.45. The van der Waals surface area contributed by atoms with Gasteiger partial charge in [-0.3, -0.25) is 0 Å². The van der Waals surface area contributed by atoms with Gasteiger partial charge in [-0.25, -0.2) is 18.7 Å². The van der Waals surface area contributed by atoms with Crippen LogP contribution in [0.25, 0.3) is 5.65 Å². The Bertz CT molecular complexity index is 1130. The molecule has 7 nitrogen and oxygen atoms in total. The summed E-state index contributed by atoms with van der Waals surface area (Å²) in [6, 6.07) is 7.16. The largest absolute Gasteiger partial charge is 0.349 e.